The van der Waals surface area contributed by atoms with Crippen molar-refractivity contribution >= 4 is 29.0 Å². The zero-order valence-corrected chi connectivity index (χ0v) is 18.2. The number of hydrogen-bond acceptors (Lipinski definition) is 7. The lowest BCUT2D eigenvalue weighted by Gasteiger charge is -2.28. The third-order valence-corrected chi connectivity index (χ3v) is 4.73. The SMILES string of the molecule is O=C(Nc1cn(C(F)F)nc1C(F)(F)F)c1cnn2ccc(N3CCNCC3)nc12.O=C(O)C(F)(F)F. The number of nitrogens with zero attached hydrogens (tertiary/aromatic N) is 6. The van der Waals surface area contributed by atoms with Gasteiger partial charge in [-0.1, -0.05) is 0 Å². The van der Waals surface area contributed by atoms with Crippen molar-refractivity contribution in [3.63, 3.8) is 0 Å². The normalized spacial score (nSPS) is 14.5. The Morgan fingerprint density at radius 1 is 1.11 bits per heavy atom. The van der Waals surface area contributed by atoms with Crippen LogP contribution < -0.4 is 15.5 Å². The second-order valence-corrected chi connectivity index (χ2v) is 7.25. The van der Waals surface area contributed by atoms with Gasteiger partial charge in [0.15, 0.2) is 11.3 Å². The van der Waals surface area contributed by atoms with Crippen molar-refractivity contribution in [1.29, 1.82) is 0 Å². The summed E-state index contributed by atoms with van der Waals surface area (Å²) in [5.41, 5.74) is -2.49. The number of rotatable bonds is 4. The molecule has 0 aromatic carbocycles. The summed E-state index contributed by atoms with van der Waals surface area (Å²) in [5.74, 6) is -3.15. The van der Waals surface area contributed by atoms with Gasteiger partial charge in [0.1, 0.15) is 11.4 Å². The van der Waals surface area contributed by atoms with Crippen LogP contribution in [-0.4, -0.2) is 73.7 Å². The smallest absolute Gasteiger partial charge is 0.475 e. The van der Waals surface area contributed by atoms with Crippen LogP contribution in [0.15, 0.2) is 24.7 Å². The number of fused-ring (bicyclic) bond motifs is 1. The summed E-state index contributed by atoms with van der Waals surface area (Å²) < 4.78 is 97.8. The van der Waals surface area contributed by atoms with Gasteiger partial charge in [-0.05, 0) is 6.07 Å². The summed E-state index contributed by atoms with van der Waals surface area (Å²) in [6, 6.07) is 1.71. The number of carbonyl (C=O) groups is 2. The van der Waals surface area contributed by atoms with E-state index in [9.17, 15) is 39.9 Å². The monoisotopic (exact) mass is 544 g/mol. The number of piperazine rings is 1. The first-order valence-electron chi connectivity index (χ1n) is 10.0. The third-order valence-electron chi connectivity index (χ3n) is 4.73. The molecule has 37 heavy (non-hydrogen) atoms. The van der Waals surface area contributed by atoms with E-state index in [1.807, 2.05) is 10.2 Å². The Morgan fingerprint density at radius 3 is 2.27 bits per heavy atom. The van der Waals surface area contributed by atoms with Crippen molar-refractivity contribution in [1.82, 2.24) is 29.7 Å². The number of halogens is 8. The Labute approximate surface area is 200 Å². The lowest BCUT2D eigenvalue weighted by atomic mass is 10.3. The molecule has 3 aromatic heterocycles. The Hall–Kier alpha value is -4.03. The largest absolute Gasteiger partial charge is 0.490 e. The number of hydrogen-bond donors (Lipinski definition) is 3. The topological polar surface area (TPSA) is 130 Å². The Kier molecular flexibility index (Phi) is 7.84. The standard InChI is InChI=1S/C16H15F5N8O.C2HF3O2/c17-15(18)29-8-10(12(26-29)16(19,20)21)24-14(30)9-7-23-28-4-1-11(25-13(9)28)27-5-2-22-3-6-27;3-2(4,5)1(6)7/h1,4,7-8,15,22H,2-3,5-6H2,(H,24,30);(H,6,7). The number of amides is 1. The van der Waals surface area contributed by atoms with Crippen molar-refractivity contribution in [2.45, 2.75) is 18.9 Å². The number of carboxylic acid groups (broad SMARTS) is 1. The van der Waals surface area contributed by atoms with Crippen LogP contribution in [0.4, 0.5) is 46.6 Å². The molecule has 3 N–H and O–H groups in total. The Balaban J connectivity index is 0.000000479. The number of anilines is 2. The number of aromatic nitrogens is 5. The molecule has 0 spiro atoms. The fourth-order valence-corrected chi connectivity index (χ4v) is 3.07. The van der Waals surface area contributed by atoms with E-state index in [1.165, 1.54) is 4.52 Å². The van der Waals surface area contributed by atoms with E-state index in [0.717, 1.165) is 19.3 Å². The summed E-state index contributed by atoms with van der Waals surface area (Å²) >= 11 is 0. The van der Waals surface area contributed by atoms with Crippen LogP contribution in [0.2, 0.25) is 0 Å². The van der Waals surface area contributed by atoms with E-state index in [4.69, 9.17) is 9.90 Å². The highest BCUT2D eigenvalue weighted by Gasteiger charge is 2.39. The van der Waals surface area contributed by atoms with Crippen LogP contribution in [0.1, 0.15) is 22.6 Å². The van der Waals surface area contributed by atoms with Gasteiger partial charge in [0.2, 0.25) is 0 Å². The number of carbonyl (C=O) groups excluding carboxylic acids is 1. The highest BCUT2D eigenvalue weighted by Crippen LogP contribution is 2.35. The molecule has 0 aliphatic carbocycles. The molecule has 0 unspecified atom stereocenters. The maximum atomic E-state index is 13.1. The molecule has 11 nitrogen and oxygen atoms in total. The quantitative estimate of drug-likeness (QED) is 0.428. The molecule has 1 saturated heterocycles. The van der Waals surface area contributed by atoms with Crippen LogP contribution in [0.5, 0.6) is 0 Å². The predicted octanol–water partition coefficient (Wildman–Crippen LogP) is 2.63. The van der Waals surface area contributed by atoms with Gasteiger partial charge in [0.25, 0.3) is 5.91 Å². The average molecular weight is 544 g/mol. The molecule has 0 saturated carbocycles. The van der Waals surface area contributed by atoms with Crippen molar-refractivity contribution in [3.05, 3.63) is 35.9 Å². The maximum Gasteiger partial charge on any atom is 0.490 e. The minimum Gasteiger partial charge on any atom is -0.475 e. The predicted molar refractivity (Wildman–Crippen MR) is 108 cm³/mol. The minimum absolute atomic E-state index is 0.107. The average Bonchev–Trinajstić information content (AvgIpc) is 3.43. The molecule has 3 aromatic rings. The van der Waals surface area contributed by atoms with Gasteiger partial charge in [0, 0.05) is 32.4 Å². The van der Waals surface area contributed by atoms with Crippen LogP contribution in [0, 0.1) is 0 Å². The lowest BCUT2D eigenvalue weighted by Crippen LogP contribution is -2.43. The van der Waals surface area contributed by atoms with Gasteiger partial charge in [-0.3, -0.25) is 4.79 Å². The zero-order chi connectivity index (χ0) is 27.5. The molecule has 0 bridgehead atoms. The molecular formula is C18H16F8N8O3. The number of nitrogens with one attached hydrogen (secondary N) is 2. The molecule has 4 rings (SSSR count). The number of aliphatic carboxylic acids is 1. The van der Waals surface area contributed by atoms with E-state index in [-0.39, 0.29) is 15.9 Å². The van der Waals surface area contributed by atoms with Crippen molar-refractivity contribution in [2.75, 3.05) is 36.4 Å². The number of alkyl halides is 8. The van der Waals surface area contributed by atoms with E-state index in [0.29, 0.717) is 25.1 Å². The fourth-order valence-electron chi connectivity index (χ4n) is 3.07. The van der Waals surface area contributed by atoms with Crippen molar-refractivity contribution in [3.8, 4) is 0 Å². The highest BCUT2D eigenvalue weighted by atomic mass is 19.4. The molecule has 1 amide bonds. The molecular weight excluding hydrogens is 528 g/mol. The van der Waals surface area contributed by atoms with Gasteiger partial charge in [-0.25, -0.2) is 19.0 Å². The summed E-state index contributed by atoms with van der Waals surface area (Å²) in [7, 11) is 0. The first-order valence-corrected chi connectivity index (χ1v) is 10.0. The van der Waals surface area contributed by atoms with Gasteiger partial charge in [-0.15, -0.1) is 0 Å². The van der Waals surface area contributed by atoms with Gasteiger partial charge < -0.3 is 20.6 Å². The lowest BCUT2D eigenvalue weighted by molar-refractivity contribution is -0.192. The highest BCUT2D eigenvalue weighted by molar-refractivity contribution is 6.08. The second-order valence-electron chi connectivity index (χ2n) is 7.25. The third kappa shape index (κ3) is 6.60. The van der Waals surface area contributed by atoms with Crippen LogP contribution in [-0.2, 0) is 11.0 Å². The first-order chi connectivity index (χ1) is 17.2. The molecule has 1 aliphatic heterocycles. The van der Waals surface area contributed by atoms with E-state index < -0.39 is 42.2 Å². The van der Waals surface area contributed by atoms with Gasteiger partial charge in [0.05, 0.1) is 18.1 Å². The molecule has 0 radical (unpaired) electrons. The Morgan fingerprint density at radius 2 is 1.73 bits per heavy atom. The van der Waals surface area contributed by atoms with E-state index in [2.05, 4.69) is 20.5 Å². The molecule has 1 fully saturated rings. The summed E-state index contributed by atoms with van der Waals surface area (Å²) in [5, 5.41) is 19.1. The van der Waals surface area contributed by atoms with Crippen molar-refractivity contribution < 1.29 is 49.8 Å². The van der Waals surface area contributed by atoms with Crippen LogP contribution in [0.25, 0.3) is 5.65 Å². The second kappa shape index (κ2) is 10.5. The van der Waals surface area contributed by atoms with Gasteiger partial charge in [-0.2, -0.15) is 45.3 Å². The molecule has 202 valence electrons. The Bertz CT molecular complexity index is 1260. The molecule has 4 heterocycles. The van der Waals surface area contributed by atoms with Crippen LogP contribution >= 0.6 is 0 Å². The summed E-state index contributed by atoms with van der Waals surface area (Å²) in [4.78, 5) is 27.9. The summed E-state index contributed by atoms with van der Waals surface area (Å²) in [6.07, 6.45) is -6.97. The van der Waals surface area contributed by atoms with Gasteiger partial charge >= 0.3 is 24.9 Å². The minimum atomic E-state index is -5.08. The summed E-state index contributed by atoms with van der Waals surface area (Å²) in [6.45, 7) is -0.389. The van der Waals surface area contributed by atoms with Crippen LogP contribution in [0.3, 0.4) is 0 Å². The van der Waals surface area contributed by atoms with E-state index in [1.54, 1.807) is 12.3 Å². The zero-order valence-electron chi connectivity index (χ0n) is 18.2. The molecule has 0 atom stereocenters. The first kappa shape index (κ1) is 27.6. The molecule has 1 aliphatic rings. The van der Waals surface area contributed by atoms with Crippen molar-refractivity contribution in [2.24, 2.45) is 0 Å². The molecule has 19 heteroatoms. The van der Waals surface area contributed by atoms with E-state index >= 15 is 0 Å². The fraction of sp³-hybridized carbons (Fsp3) is 0.389. The maximum absolute atomic E-state index is 13.1. The number of carboxylic acids is 1.